The van der Waals surface area contributed by atoms with Crippen molar-refractivity contribution in [2.45, 2.75) is 55.5 Å². The lowest BCUT2D eigenvalue weighted by Gasteiger charge is -2.18. The molecule has 3 amide bonds. The van der Waals surface area contributed by atoms with Crippen LogP contribution in [0.1, 0.15) is 39.5 Å². The van der Waals surface area contributed by atoms with Gasteiger partial charge in [-0.2, -0.15) is 4.31 Å². The quantitative estimate of drug-likeness (QED) is 0.630. The molecule has 1 fully saturated rings. The predicted molar refractivity (Wildman–Crippen MR) is 104 cm³/mol. The number of hydrogen-bond donors (Lipinski definition) is 2. The Bertz CT molecular complexity index is 743. The molecule has 0 radical (unpaired) electrons. The minimum atomic E-state index is -3.55. The number of pyridine rings is 1. The Hall–Kier alpha value is -1.65. The fourth-order valence-corrected chi connectivity index (χ4v) is 4.96. The molecule has 0 spiro atoms. The fourth-order valence-electron chi connectivity index (χ4n) is 2.91. The number of nitrogens with zero attached hydrogens (tertiary/aromatic N) is 2. The first-order valence-electron chi connectivity index (χ1n) is 9.06. The topological polar surface area (TPSA) is 108 Å². The predicted octanol–water partition coefficient (Wildman–Crippen LogP) is 1.97. The van der Waals surface area contributed by atoms with Crippen LogP contribution in [0, 0.1) is 0 Å². The average molecular weight is 415 g/mol. The maximum absolute atomic E-state index is 12.4. The highest BCUT2D eigenvalue weighted by atomic mass is 32.2. The van der Waals surface area contributed by atoms with E-state index < -0.39 is 22.0 Å². The summed E-state index contributed by atoms with van der Waals surface area (Å²) in [4.78, 5) is 27.9. The zero-order chi connectivity index (χ0) is 19.9. The summed E-state index contributed by atoms with van der Waals surface area (Å²) < 4.78 is 26.2. The van der Waals surface area contributed by atoms with Crippen LogP contribution in [-0.2, 0) is 14.8 Å². The lowest BCUT2D eigenvalue weighted by molar-refractivity contribution is -0.117. The van der Waals surface area contributed by atoms with Crippen LogP contribution in [0.15, 0.2) is 28.3 Å². The number of thioether (sulfide) groups is 1. The highest BCUT2D eigenvalue weighted by Gasteiger charge is 2.22. The molecule has 0 atom stereocenters. The average Bonchev–Trinajstić information content (AvgIpc) is 3.14. The molecule has 2 rings (SSSR count). The van der Waals surface area contributed by atoms with E-state index in [9.17, 15) is 18.0 Å². The summed E-state index contributed by atoms with van der Waals surface area (Å²) >= 11 is 1.14. The van der Waals surface area contributed by atoms with E-state index in [0.717, 1.165) is 37.4 Å². The van der Waals surface area contributed by atoms with Gasteiger partial charge in [-0.25, -0.2) is 18.2 Å². The van der Waals surface area contributed by atoms with Crippen LogP contribution in [0.4, 0.5) is 4.79 Å². The lowest BCUT2D eigenvalue weighted by atomic mass is 10.2. The number of urea groups is 1. The van der Waals surface area contributed by atoms with Gasteiger partial charge >= 0.3 is 6.03 Å². The first kappa shape index (κ1) is 21.6. The monoisotopic (exact) mass is 414 g/mol. The Kier molecular flexibility index (Phi) is 8.06. The van der Waals surface area contributed by atoms with Crippen molar-refractivity contribution < 1.29 is 18.0 Å². The number of carbonyl (C=O) groups excluding carboxylic acids is 2. The van der Waals surface area contributed by atoms with Gasteiger partial charge in [-0.3, -0.25) is 10.1 Å². The van der Waals surface area contributed by atoms with Crippen molar-refractivity contribution in [1.82, 2.24) is 19.9 Å². The van der Waals surface area contributed by atoms with E-state index in [4.69, 9.17) is 0 Å². The number of amides is 3. The second kappa shape index (κ2) is 10.0. The summed E-state index contributed by atoms with van der Waals surface area (Å²) in [5, 5.41) is 5.60. The molecule has 150 valence electrons. The van der Waals surface area contributed by atoms with Gasteiger partial charge in [0, 0.05) is 25.3 Å². The van der Waals surface area contributed by atoms with Gasteiger partial charge in [0.15, 0.2) is 0 Å². The molecule has 1 aromatic rings. The second-order valence-electron chi connectivity index (χ2n) is 6.21. The number of rotatable bonds is 8. The van der Waals surface area contributed by atoms with E-state index in [0.29, 0.717) is 18.1 Å². The molecule has 1 aliphatic rings. The molecule has 1 aromatic heterocycles. The number of aromatic nitrogens is 1. The van der Waals surface area contributed by atoms with Gasteiger partial charge in [-0.15, -0.1) is 0 Å². The molecule has 8 nitrogen and oxygen atoms in total. The summed E-state index contributed by atoms with van der Waals surface area (Å²) in [6.45, 7) is 4.33. The minimum Gasteiger partial charge on any atom is -0.335 e. The Morgan fingerprint density at radius 1 is 1.22 bits per heavy atom. The Morgan fingerprint density at radius 3 is 2.44 bits per heavy atom. The molecule has 0 aromatic carbocycles. The smallest absolute Gasteiger partial charge is 0.321 e. The number of sulfonamides is 1. The molecule has 1 heterocycles. The molecule has 0 unspecified atom stereocenters. The van der Waals surface area contributed by atoms with Crippen molar-refractivity contribution in [2.75, 3.05) is 18.8 Å². The van der Waals surface area contributed by atoms with Gasteiger partial charge in [0.05, 0.1) is 10.8 Å². The van der Waals surface area contributed by atoms with E-state index in [1.54, 1.807) is 19.9 Å². The SMILES string of the molecule is CCN(CC)S(=O)(=O)c1ccc(SCC(=O)NC(=O)NC2CCCC2)nc1. The zero-order valence-corrected chi connectivity index (χ0v) is 17.2. The molecule has 0 aliphatic heterocycles. The summed E-state index contributed by atoms with van der Waals surface area (Å²) in [6, 6.07) is 2.72. The third-order valence-electron chi connectivity index (χ3n) is 4.35. The first-order chi connectivity index (χ1) is 12.9. The zero-order valence-electron chi connectivity index (χ0n) is 15.6. The summed E-state index contributed by atoms with van der Waals surface area (Å²) in [6.07, 6.45) is 5.38. The van der Waals surface area contributed by atoms with E-state index in [1.807, 2.05) is 0 Å². The molecule has 27 heavy (non-hydrogen) atoms. The van der Waals surface area contributed by atoms with Gasteiger partial charge in [0.1, 0.15) is 4.90 Å². The highest BCUT2D eigenvalue weighted by Crippen LogP contribution is 2.20. The first-order valence-corrected chi connectivity index (χ1v) is 11.5. The Balaban J connectivity index is 1.83. The van der Waals surface area contributed by atoms with Gasteiger partial charge in [0.25, 0.3) is 0 Å². The molecule has 1 aliphatic carbocycles. The van der Waals surface area contributed by atoms with E-state index in [1.165, 1.54) is 16.6 Å². The fraction of sp³-hybridized carbons (Fsp3) is 0.588. The maximum atomic E-state index is 12.4. The van der Waals surface area contributed by atoms with Crippen molar-refractivity contribution in [3.05, 3.63) is 18.3 Å². The summed E-state index contributed by atoms with van der Waals surface area (Å²) in [5.74, 6) is -0.398. The van der Waals surface area contributed by atoms with Crippen LogP contribution in [0.25, 0.3) is 0 Å². The molecule has 1 saturated carbocycles. The molecular weight excluding hydrogens is 388 g/mol. The molecule has 0 saturated heterocycles. The molecular formula is C17H26N4O4S2. The third kappa shape index (κ3) is 6.18. The van der Waals surface area contributed by atoms with Crippen LogP contribution < -0.4 is 10.6 Å². The van der Waals surface area contributed by atoms with Gasteiger partial charge in [-0.05, 0) is 25.0 Å². The lowest BCUT2D eigenvalue weighted by Crippen LogP contribution is -2.44. The number of nitrogens with one attached hydrogen (secondary N) is 2. The van der Waals surface area contributed by atoms with Crippen LogP contribution >= 0.6 is 11.8 Å². The summed E-state index contributed by atoms with van der Waals surface area (Å²) in [5.41, 5.74) is 0. The second-order valence-corrected chi connectivity index (χ2v) is 9.15. The van der Waals surface area contributed by atoms with E-state index in [-0.39, 0.29) is 16.7 Å². The van der Waals surface area contributed by atoms with Crippen LogP contribution in [0.3, 0.4) is 0 Å². The van der Waals surface area contributed by atoms with Crippen LogP contribution in [-0.4, -0.2) is 54.5 Å². The van der Waals surface area contributed by atoms with E-state index >= 15 is 0 Å². The number of hydrogen-bond acceptors (Lipinski definition) is 6. The van der Waals surface area contributed by atoms with E-state index in [2.05, 4.69) is 15.6 Å². The number of imide groups is 1. The largest absolute Gasteiger partial charge is 0.335 e. The van der Waals surface area contributed by atoms with Crippen molar-refractivity contribution in [1.29, 1.82) is 0 Å². The number of carbonyl (C=O) groups is 2. The Labute approximate surface area is 164 Å². The van der Waals surface area contributed by atoms with Gasteiger partial charge in [-0.1, -0.05) is 38.5 Å². The van der Waals surface area contributed by atoms with Crippen LogP contribution in [0.5, 0.6) is 0 Å². The standard InChI is InChI=1S/C17H26N4O4S2/c1-3-21(4-2)27(24,25)14-9-10-16(18-11-14)26-12-15(22)20-17(23)19-13-7-5-6-8-13/h9-11,13H,3-8,12H2,1-2H3,(H2,19,20,22,23). The Morgan fingerprint density at radius 2 is 1.89 bits per heavy atom. The van der Waals surface area contributed by atoms with Gasteiger partial charge < -0.3 is 5.32 Å². The van der Waals surface area contributed by atoms with Crippen molar-refractivity contribution in [3.63, 3.8) is 0 Å². The van der Waals surface area contributed by atoms with Gasteiger partial charge in [0.2, 0.25) is 15.9 Å². The third-order valence-corrected chi connectivity index (χ3v) is 7.32. The maximum Gasteiger partial charge on any atom is 0.321 e. The summed E-state index contributed by atoms with van der Waals surface area (Å²) in [7, 11) is -3.55. The highest BCUT2D eigenvalue weighted by molar-refractivity contribution is 7.99. The normalized spacial score (nSPS) is 15.1. The van der Waals surface area contributed by atoms with Crippen LogP contribution in [0.2, 0.25) is 0 Å². The molecule has 0 bridgehead atoms. The van der Waals surface area contributed by atoms with Crippen molar-refractivity contribution >= 4 is 33.7 Å². The van der Waals surface area contributed by atoms with Crippen molar-refractivity contribution in [3.8, 4) is 0 Å². The van der Waals surface area contributed by atoms with Crippen molar-refractivity contribution in [2.24, 2.45) is 0 Å². The minimum absolute atomic E-state index is 0.0211. The molecule has 10 heteroatoms. The molecule has 2 N–H and O–H groups in total.